The fraction of sp³-hybridized carbons (Fsp3) is 0.667. The van der Waals surface area contributed by atoms with Gasteiger partial charge in [-0.15, -0.1) is 0 Å². The van der Waals surface area contributed by atoms with Crippen LogP contribution in [0, 0.1) is 17.2 Å². The lowest BCUT2D eigenvalue weighted by molar-refractivity contribution is 0.332. The zero-order chi connectivity index (χ0) is 16.1. The summed E-state index contributed by atoms with van der Waals surface area (Å²) in [5, 5.41) is 8.93. The van der Waals surface area contributed by atoms with Crippen molar-refractivity contribution in [1.29, 1.82) is 5.26 Å². The molecule has 1 aromatic carbocycles. The molecule has 2 heteroatoms. The van der Waals surface area contributed by atoms with E-state index >= 15 is 0 Å². The summed E-state index contributed by atoms with van der Waals surface area (Å²) in [6, 6.07) is 13.7. The summed E-state index contributed by atoms with van der Waals surface area (Å²) in [5.41, 5.74) is 3.42. The molecular weight excluding hydrogens is 294 g/mol. The van der Waals surface area contributed by atoms with Gasteiger partial charge in [-0.25, -0.2) is 0 Å². The lowest BCUT2D eigenvalue weighted by Gasteiger charge is -2.37. The second-order valence-corrected chi connectivity index (χ2v) is 11.5. The minimum Gasteiger partial charge on any atom is -0.192 e. The molecule has 0 N–H and O–H groups in total. The molecular formula is C21H31NSi. The highest BCUT2D eigenvalue weighted by Crippen LogP contribution is 2.43. The van der Waals surface area contributed by atoms with Crippen molar-refractivity contribution in [2.75, 3.05) is 0 Å². The molecule has 2 fully saturated rings. The van der Waals surface area contributed by atoms with Gasteiger partial charge in [-0.3, -0.25) is 0 Å². The summed E-state index contributed by atoms with van der Waals surface area (Å²) < 4.78 is 0. The Kier molecular flexibility index (Phi) is 5.95. The van der Waals surface area contributed by atoms with Crippen LogP contribution < -0.4 is 0 Å². The van der Waals surface area contributed by atoms with Crippen molar-refractivity contribution in [2.24, 2.45) is 5.92 Å². The average Bonchev–Trinajstić information content (AvgIpc) is 2.63. The van der Waals surface area contributed by atoms with E-state index in [0.29, 0.717) is 0 Å². The quantitative estimate of drug-likeness (QED) is 0.621. The van der Waals surface area contributed by atoms with E-state index in [1.54, 1.807) is 24.9 Å². The van der Waals surface area contributed by atoms with Crippen LogP contribution in [0.3, 0.4) is 0 Å². The van der Waals surface area contributed by atoms with E-state index in [2.05, 4.69) is 25.1 Å². The third-order valence-corrected chi connectivity index (χ3v) is 10.7. The fourth-order valence-electron chi connectivity index (χ4n) is 5.11. The van der Waals surface area contributed by atoms with E-state index in [0.717, 1.165) is 22.9 Å². The average molecular weight is 326 g/mol. The first kappa shape index (κ1) is 16.8. The molecule has 3 rings (SSSR count). The summed E-state index contributed by atoms with van der Waals surface area (Å²) in [7, 11) is -0.485. The van der Waals surface area contributed by atoms with Gasteiger partial charge in [-0.05, 0) is 47.9 Å². The highest BCUT2D eigenvalue weighted by molar-refractivity contribution is 6.60. The second-order valence-electron chi connectivity index (χ2n) is 7.91. The number of nitrogens with zero attached hydrogens (tertiary/aromatic N) is 1. The van der Waals surface area contributed by atoms with Crippen molar-refractivity contribution in [1.82, 2.24) is 0 Å². The molecule has 0 amide bonds. The lowest BCUT2D eigenvalue weighted by Crippen LogP contribution is -2.29. The standard InChI is InChI=1S/C21H31NSi/c1-2-3-17-6-10-21(11-7-17)23-14-12-20(13-15-23)19-8-4-18(16-22)5-9-19/h4-5,8-9,17,20-21,23H,2-3,6-7,10-15H2,1H3. The molecule has 0 bridgehead atoms. The smallest absolute Gasteiger partial charge is 0.0991 e. The normalized spacial score (nSPS) is 31.5. The molecule has 124 valence electrons. The van der Waals surface area contributed by atoms with Gasteiger partial charge in [0.15, 0.2) is 0 Å². The Morgan fingerprint density at radius 2 is 1.65 bits per heavy atom. The Bertz CT molecular complexity index is 514. The second kappa shape index (κ2) is 8.15. The third kappa shape index (κ3) is 4.26. The highest BCUT2D eigenvalue weighted by Gasteiger charge is 2.31. The van der Waals surface area contributed by atoms with Crippen LogP contribution in [0.25, 0.3) is 0 Å². The molecule has 1 heterocycles. The van der Waals surface area contributed by atoms with Gasteiger partial charge in [0.25, 0.3) is 0 Å². The van der Waals surface area contributed by atoms with Crippen LogP contribution in [0.2, 0.25) is 17.6 Å². The van der Waals surface area contributed by atoms with Crippen LogP contribution in [0.4, 0.5) is 0 Å². The maximum Gasteiger partial charge on any atom is 0.0991 e. The monoisotopic (exact) mass is 325 g/mol. The number of benzene rings is 1. The van der Waals surface area contributed by atoms with Gasteiger partial charge in [0.05, 0.1) is 11.6 Å². The van der Waals surface area contributed by atoms with Crippen molar-refractivity contribution >= 4 is 8.80 Å². The minimum atomic E-state index is -0.485. The van der Waals surface area contributed by atoms with Crippen molar-refractivity contribution in [3.8, 4) is 6.07 Å². The Hall–Kier alpha value is -1.07. The van der Waals surface area contributed by atoms with Crippen LogP contribution >= 0.6 is 0 Å². The molecule has 1 nitrogen and oxygen atoms in total. The molecule has 0 atom stereocenters. The van der Waals surface area contributed by atoms with Crippen LogP contribution in [0.15, 0.2) is 24.3 Å². The molecule has 1 saturated carbocycles. The summed E-state index contributed by atoms with van der Waals surface area (Å²) in [6.07, 6.45) is 11.9. The first-order valence-corrected chi connectivity index (χ1v) is 12.1. The molecule has 1 saturated heterocycles. The molecule has 23 heavy (non-hydrogen) atoms. The Morgan fingerprint density at radius 3 is 2.22 bits per heavy atom. The Balaban J connectivity index is 1.48. The largest absolute Gasteiger partial charge is 0.192 e. The topological polar surface area (TPSA) is 23.8 Å². The van der Waals surface area contributed by atoms with Gasteiger partial charge < -0.3 is 0 Å². The van der Waals surface area contributed by atoms with Crippen molar-refractivity contribution in [3.05, 3.63) is 35.4 Å². The van der Waals surface area contributed by atoms with E-state index in [4.69, 9.17) is 5.26 Å². The number of hydrogen-bond donors (Lipinski definition) is 0. The zero-order valence-corrected chi connectivity index (χ0v) is 15.8. The van der Waals surface area contributed by atoms with Crippen LogP contribution in [0.1, 0.15) is 75.3 Å². The van der Waals surface area contributed by atoms with Crippen LogP contribution in [-0.4, -0.2) is 8.80 Å². The molecule has 1 aromatic rings. The maximum absolute atomic E-state index is 8.93. The highest BCUT2D eigenvalue weighted by atomic mass is 28.3. The van der Waals surface area contributed by atoms with Gasteiger partial charge in [-0.1, -0.05) is 69.7 Å². The van der Waals surface area contributed by atoms with E-state index in [-0.39, 0.29) is 0 Å². The van der Waals surface area contributed by atoms with Crippen molar-refractivity contribution in [2.45, 2.75) is 81.8 Å². The first-order chi connectivity index (χ1) is 11.3. The number of rotatable bonds is 4. The molecule has 1 aliphatic carbocycles. The van der Waals surface area contributed by atoms with Crippen molar-refractivity contribution < 1.29 is 0 Å². The molecule has 0 spiro atoms. The number of hydrogen-bond acceptors (Lipinski definition) is 1. The first-order valence-electron chi connectivity index (χ1n) is 9.80. The molecule has 0 aromatic heterocycles. The van der Waals surface area contributed by atoms with E-state index in [1.165, 1.54) is 44.1 Å². The third-order valence-electron chi connectivity index (χ3n) is 6.54. The van der Waals surface area contributed by atoms with E-state index in [1.807, 2.05) is 12.1 Å². The van der Waals surface area contributed by atoms with Crippen LogP contribution in [0.5, 0.6) is 0 Å². The summed E-state index contributed by atoms with van der Waals surface area (Å²) >= 11 is 0. The molecule has 0 unspecified atom stereocenters. The van der Waals surface area contributed by atoms with E-state index < -0.39 is 8.80 Å². The maximum atomic E-state index is 8.93. The Labute approximate surface area is 143 Å². The van der Waals surface area contributed by atoms with Gasteiger partial charge in [-0.2, -0.15) is 5.26 Å². The predicted molar refractivity (Wildman–Crippen MR) is 101 cm³/mol. The fourth-order valence-corrected chi connectivity index (χ4v) is 9.33. The van der Waals surface area contributed by atoms with E-state index in [9.17, 15) is 0 Å². The van der Waals surface area contributed by atoms with Gasteiger partial charge in [0, 0.05) is 8.80 Å². The van der Waals surface area contributed by atoms with Gasteiger partial charge in [0.2, 0.25) is 0 Å². The molecule has 2 aliphatic rings. The van der Waals surface area contributed by atoms with Crippen molar-refractivity contribution in [3.63, 3.8) is 0 Å². The van der Waals surface area contributed by atoms with Gasteiger partial charge in [0.1, 0.15) is 0 Å². The lowest BCUT2D eigenvalue weighted by atomic mass is 9.86. The number of nitriles is 1. The summed E-state index contributed by atoms with van der Waals surface area (Å²) in [4.78, 5) is 0. The van der Waals surface area contributed by atoms with Crippen LogP contribution in [-0.2, 0) is 0 Å². The summed E-state index contributed by atoms with van der Waals surface area (Å²) in [5.74, 6) is 1.82. The summed E-state index contributed by atoms with van der Waals surface area (Å²) in [6.45, 7) is 2.34. The minimum absolute atomic E-state index is 0.485. The predicted octanol–water partition coefficient (Wildman–Crippen LogP) is 6.02. The Morgan fingerprint density at radius 1 is 1.00 bits per heavy atom. The van der Waals surface area contributed by atoms with Gasteiger partial charge >= 0.3 is 0 Å². The molecule has 1 aliphatic heterocycles. The zero-order valence-electron chi connectivity index (χ0n) is 14.6. The molecule has 0 radical (unpaired) electrons. The SMILES string of the molecule is CCCC1CCC([SiH]2CCC(c3ccc(C#N)cc3)CC2)CC1.